The molecular weight excluding hydrogens is 502 g/mol. The number of rotatable bonds is 6. The van der Waals surface area contributed by atoms with Crippen LogP contribution in [0, 0.1) is 0 Å². The number of aryl methyl sites for hydroxylation is 1. The Kier molecular flexibility index (Phi) is 9.05. The van der Waals surface area contributed by atoms with Crippen LogP contribution < -0.4 is 20.1 Å². The fraction of sp³-hybridized carbons (Fsp3) is 0.444. The van der Waals surface area contributed by atoms with Gasteiger partial charge in [-0.3, -0.25) is 9.67 Å². The molecule has 1 unspecified atom stereocenters. The number of halogens is 4. The third-order valence-electron chi connectivity index (χ3n) is 4.10. The number of aromatic nitrogens is 2. The van der Waals surface area contributed by atoms with Gasteiger partial charge < -0.3 is 20.1 Å². The van der Waals surface area contributed by atoms with E-state index in [1.807, 2.05) is 13.0 Å². The second-order valence-electron chi connectivity index (χ2n) is 6.07. The Labute approximate surface area is 184 Å². The molecule has 162 valence electrons. The fourth-order valence-electron chi connectivity index (χ4n) is 2.74. The summed E-state index contributed by atoms with van der Waals surface area (Å²) in [5, 5.41) is 9.53. The molecule has 0 spiro atoms. The quantitative estimate of drug-likeness (QED) is 0.342. The summed E-state index contributed by atoms with van der Waals surface area (Å²) in [6.07, 6.45) is -3.19. The van der Waals surface area contributed by atoms with Crippen molar-refractivity contribution < 1.29 is 22.6 Å². The monoisotopic (exact) mass is 527 g/mol. The number of nitrogens with zero attached hydrogens (tertiary/aromatic N) is 3. The summed E-state index contributed by atoms with van der Waals surface area (Å²) in [5.41, 5.74) is -0.0628. The van der Waals surface area contributed by atoms with Crippen LogP contribution in [0.15, 0.2) is 29.4 Å². The van der Waals surface area contributed by atoms with Crippen molar-refractivity contribution in [2.45, 2.75) is 25.7 Å². The molecule has 0 radical (unpaired) electrons. The van der Waals surface area contributed by atoms with E-state index in [1.54, 1.807) is 33.4 Å². The molecule has 0 aliphatic heterocycles. The zero-order valence-electron chi connectivity index (χ0n) is 16.8. The Bertz CT molecular complexity index is 839. The zero-order valence-corrected chi connectivity index (χ0v) is 19.1. The predicted octanol–water partition coefficient (Wildman–Crippen LogP) is 3.50. The van der Waals surface area contributed by atoms with Crippen molar-refractivity contribution in [3.8, 4) is 11.5 Å². The van der Waals surface area contributed by atoms with Gasteiger partial charge in [0.05, 0.1) is 20.3 Å². The minimum absolute atomic E-state index is 0. The van der Waals surface area contributed by atoms with Gasteiger partial charge in [-0.25, -0.2) is 0 Å². The Morgan fingerprint density at radius 2 is 1.97 bits per heavy atom. The highest BCUT2D eigenvalue weighted by atomic mass is 127. The van der Waals surface area contributed by atoms with Crippen LogP contribution >= 0.6 is 24.0 Å². The van der Waals surface area contributed by atoms with E-state index in [0.29, 0.717) is 17.5 Å². The van der Waals surface area contributed by atoms with Gasteiger partial charge in [-0.15, -0.1) is 24.0 Å². The molecule has 0 saturated carbocycles. The normalized spacial score (nSPS) is 12.8. The van der Waals surface area contributed by atoms with Gasteiger partial charge in [-0.2, -0.15) is 18.3 Å². The molecular formula is C18H25F3IN5O2. The summed E-state index contributed by atoms with van der Waals surface area (Å²) >= 11 is 0. The van der Waals surface area contributed by atoms with Crippen LogP contribution in [-0.4, -0.2) is 37.0 Å². The number of alkyl halides is 3. The standard InChI is InChI=1S/C18H24F3N5O2.HI/c1-11(14-8-13(27-4)6-7-15(14)28-5)24-17(22-2)23-9-12-10-26(3)25-16(12)18(19,20)21;/h6-8,10-11H,9H2,1-5H3,(H2,22,23,24);1H. The predicted molar refractivity (Wildman–Crippen MR) is 115 cm³/mol. The van der Waals surface area contributed by atoms with Crippen LogP contribution in [0.4, 0.5) is 13.2 Å². The number of hydrogen-bond acceptors (Lipinski definition) is 4. The van der Waals surface area contributed by atoms with E-state index < -0.39 is 11.9 Å². The van der Waals surface area contributed by atoms with E-state index >= 15 is 0 Å². The highest BCUT2D eigenvalue weighted by Gasteiger charge is 2.36. The Hall–Kier alpha value is -2.18. The molecule has 1 atom stereocenters. The molecule has 29 heavy (non-hydrogen) atoms. The summed E-state index contributed by atoms with van der Waals surface area (Å²) in [4.78, 5) is 4.08. The van der Waals surface area contributed by atoms with Crippen LogP contribution in [0.5, 0.6) is 11.5 Å². The molecule has 2 rings (SSSR count). The van der Waals surface area contributed by atoms with Crippen LogP contribution in [0.1, 0.15) is 29.8 Å². The Morgan fingerprint density at radius 3 is 2.52 bits per heavy atom. The summed E-state index contributed by atoms with van der Waals surface area (Å²) in [6.45, 7) is 1.81. The lowest BCUT2D eigenvalue weighted by Gasteiger charge is -2.21. The van der Waals surface area contributed by atoms with E-state index in [2.05, 4.69) is 20.7 Å². The second-order valence-corrected chi connectivity index (χ2v) is 6.07. The molecule has 0 saturated heterocycles. The molecule has 0 aliphatic carbocycles. The van der Waals surface area contributed by atoms with Gasteiger partial charge >= 0.3 is 6.18 Å². The van der Waals surface area contributed by atoms with Crippen molar-refractivity contribution in [1.82, 2.24) is 20.4 Å². The lowest BCUT2D eigenvalue weighted by atomic mass is 10.1. The number of benzene rings is 1. The minimum atomic E-state index is -4.52. The van der Waals surface area contributed by atoms with E-state index in [-0.39, 0.29) is 42.1 Å². The maximum absolute atomic E-state index is 13.1. The SMILES string of the molecule is CN=C(NCc1cn(C)nc1C(F)(F)F)NC(C)c1cc(OC)ccc1OC.I. The Morgan fingerprint density at radius 1 is 1.28 bits per heavy atom. The van der Waals surface area contributed by atoms with E-state index in [0.717, 1.165) is 10.2 Å². The van der Waals surface area contributed by atoms with Crippen molar-refractivity contribution in [1.29, 1.82) is 0 Å². The molecule has 7 nitrogen and oxygen atoms in total. The van der Waals surface area contributed by atoms with Gasteiger partial charge in [0.25, 0.3) is 0 Å². The number of aliphatic imine (C=N–C) groups is 1. The summed E-state index contributed by atoms with van der Waals surface area (Å²) in [5.74, 6) is 1.66. The fourth-order valence-corrected chi connectivity index (χ4v) is 2.74. The molecule has 11 heteroatoms. The first kappa shape index (κ1) is 24.9. The maximum atomic E-state index is 13.1. The average Bonchev–Trinajstić information content (AvgIpc) is 3.05. The molecule has 1 heterocycles. The van der Waals surface area contributed by atoms with E-state index in [1.165, 1.54) is 13.2 Å². The topological polar surface area (TPSA) is 72.7 Å². The molecule has 0 bridgehead atoms. The lowest BCUT2D eigenvalue weighted by Crippen LogP contribution is -2.38. The van der Waals surface area contributed by atoms with Crippen LogP contribution in [0.3, 0.4) is 0 Å². The van der Waals surface area contributed by atoms with Crippen LogP contribution in [0.25, 0.3) is 0 Å². The third-order valence-corrected chi connectivity index (χ3v) is 4.10. The number of hydrogen-bond donors (Lipinski definition) is 2. The largest absolute Gasteiger partial charge is 0.497 e. The first-order valence-corrected chi connectivity index (χ1v) is 8.48. The van der Waals surface area contributed by atoms with Gasteiger partial charge in [0.1, 0.15) is 11.5 Å². The summed E-state index contributed by atoms with van der Waals surface area (Å²) in [6, 6.07) is 5.15. The van der Waals surface area contributed by atoms with Crippen LogP contribution in [-0.2, 0) is 19.8 Å². The molecule has 1 aromatic carbocycles. The van der Waals surface area contributed by atoms with Gasteiger partial charge in [0, 0.05) is 38.0 Å². The van der Waals surface area contributed by atoms with Crippen molar-refractivity contribution in [3.05, 3.63) is 41.2 Å². The second kappa shape index (κ2) is 10.6. The van der Waals surface area contributed by atoms with Crippen molar-refractivity contribution in [3.63, 3.8) is 0 Å². The molecule has 0 fully saturated rings. The minimum Gasteiger partial charge on any atom is -0.497 e. The molecule has 0 amide bonds. The van der Waals surface area contributed by atoms with E-state index in [9.17, 15) is 13.2 Å². The smallest absolute Gasteiger partial charge is 0.435 e. The summed E-state index contributed by atoms with van der Waals surface area (Å²) in [7, 11) is 6.12. The van der Waals surface area contributed by atoms with E-state index in [4.69, 9.17) is 9.47 Å². The first-order valence-electron chi connectivity index (χ1n) is 8.48. The van der Waals surface area contributed by atoms with Gasteiger partial charge in [0.2, 0.25) is 0 Å². The van der Waals surface area contributed by atoms with Crippen LogP contribution in [0.2, 0.25) is 0 Å². The van der Waals surface area contributed by atoms with Gasteiger partial charge in [0.15, 0.2) is 11.7 Å². The third kappa shape index (κ3) is 6.41. The molecule has 0 aliphatic rings. The maximum Gasteiger partial charge on any atom is 0.435 e. The number of ether oxygens (including phenoxy) is 2. The zero-order chi connectivity index (χ0) is 20.9. The van der Waals surface area contributed by atoms with Gasteiger partial charge in [-0.05, 0) is 25.1 Å². The lowest BCUT2D eigenvalue weighted by molar-refractivity contribution is -0.142. The number of methoxy groups -OCH3 is 2. The first-order chi connectivity index (χ1) is 13.2. The summed E-state index contributed by atoms with van der Waals surface area (Å²) < 4.78 is 51.0. The average molecular weight is 527 g/mol. The van der Waals surface area contributed by atoms with Crippen molar-refractivity contribution in [2.75, 3.05) is 21.3 Å². The molecule has 2 aromatic rings. The molecule has 1 aromatic heterocycles. The number of nitrogens with one attached hydrogen (secondary N) is 2. The number of guanidine groups is 1. The van der Waals surface area contributed by atoms with Gasteiger partial charge in [-0.1, -0.05) is 0 Å². The highest BCUT2D eigenvalue weighted by Crippen LogP contribution is 2.31. The van der Waals surface area contributed by atoms with Crippen molar-refractivity contribution in [2.24, 2.45) is 12.0 Å². The van der Waals surface area contributed by atoms with Crippen molar-refractivity contribution >= 4 is 29.9 Å². The molecule has 2 N–H and O–H groups in total. The highest BCUT2D eigenvalue weighted by molar-refractivity contribution is 14.0. The Balaban J connectivity index is 0.00000420.